The molecule has 0 fully saturated rings. The normalized spacial score (nSPS) is 11.2. The summed E-state index contributed by atoms with van der Waals surface area (Å²) in [5, 5.41) is 3.66. The van der Waals surface area contributed by atoms with Crippen LogP contribution in [0.25, 0.3) is 0 Å². The fraction of sp³-hybridized carbons (Fsp3) is 0.529. The van der Waals surface area contributed by atoms with E-state index in [9.17, 15) is 4.79 Å². The first-order valence-corrected chi connectivity index (χ1v) is 7.61. The average molecular weight is 291 g/mol. The van der Waals surface area contributed by atoms with Gasteiger partial charge in [-0.25, -0.2) is 0 Å². The van der Waals surface area contributed by atoms with Crippen LogP contribution >= 0.6 is 0 Å². The summed E-state index contributed by atoms with van der Waals surface area (Å²) in [5.74, 6) is 0.815. The highest BCUT2D eigenvalue weighted by Crippen LogP contribution is 2.14. The second-order valence-corrected chi connectivity index (χ2v) is 4.92. The van der Waals surface area contributed by atoms with E-state index in [-0.39, 0.29) is 5.71 Å². The Morgan fingerprint density at radius 1 is 1.10 bits per heavy atom. The molecule has 0 aromatic heterocycles. The number of nitrogens with zero attached hydrogens (tertiary/aromatic N) is 1. The molecule has 0 saturated carbocycles. The van der Waals surface area contributed by atoms with E-state index in [2.05, 4.69) is 16.9 Å². The topological polar surface area (TPSA) is 47.9 Å². The Morgan fingerprint density at radius 2 is 1.76 bits per heavy atom. The van der Waals surface area contributed by atoms with Crippen molar-refractivity contribution in [3.8, 4) is 5.75 Å². The van der Waals surface area contributed by atoms with Crippen molar-refractivity contribution in [3.05, 3.63) is 29.8 Å². The van der Waals surface area contributed by atoms with Crippen molar-refractivity contribution in [2.75, 3.05) is 13.7 Å². The highest BCUT2D eigenvalue weighted by Gasteiger charge is 2.03. The van der Waals surface area contributed by atoms with Gasteiger partial charge in [-0.15, -0.1) is 0 Å². The van der Waals surface area contributed by atoms with E-state index in [1.54, 1.807) is 0 Å². The van der Waals surface area contributed by atoms with Crippen molar-refractivity contribution in [2.45, 2.75) is 45.4 Å². The summed E-state index contributed by atoms with van der Waals surface area (Å²) in [5.41, 5.74) is 0.999. The van der Waals surface area contributed by atoms with Crippen LogP contribution in [-0.2, 0) is 9.63 Å². The van der Waals surface area contributed by atoms with Gasteiger partial charge in [0.1, 0.15) is 18.6 Å². The summed E-state index contributed by atoms with van der Waals surface area (Å²) >= 11 is 0. The third kappa shape index (κ3) is 6.93. The van der Waals surface area contributed by atoms with Crippen molar-refractivity contribution in [1.82, 2.24) is 0 Å². The Morgan fingerprint density at radius 3 is 2.38 bits per heavy atom. The minimum Gasteiger partial charge on any atom is -0.494 e. The molecule has 0 amide bonds. The van der Waals surface area contributed by atoms with Gasteiger partial charge in [-0.3, -0.25) is 4.79 Å². The van der Waals surface area contributed by atoms with Crippen LogP contribution in [0.5, 0.6) is 5.75 Å². The van der Waals surface area contributed by atoms with Crippen molar-refractivity contribution < 1.29 is 14.4 Å². The van der Waals surface area contributed by atoms with Crippen LogP contribution in [0.3, 0.4) is 0 Å². The molecular weight excluding hydrogens is 266 g/mol. The van der Waals surface area contributed by atoms with Gasteiger partial charge in [0.25, 0.3) is 0 Å². The van der Waals surface area contributed by atoms with E-state index in [0.717, 1.165) is 24.3 Å². The quantitative estimate of drug-likeness (QED) is 0.268. The molecule has 21 heavy (non-hydrogen) atoms. The average Bonchev–Trinajstić information content (AvgIpc) is 2.52. The van der Waals surface area contributed by atoms with Crippen molar-refractivity contribution in [2.24, 2.45) is 5.16 Å². The van der Waals surface area contributed by atoms with Gasteiger partial charge < -0.3 is 9.57 Å². The van der Waals surface area contributed by atoms with Crippen LogP contribution < -0.4 is 4.74 Å². The van der Waals surface area contributed by atoms with Gasteiger partial charge in [0, 0.05) is 5.56 Å². The monoisotopic (exact) mass is 291 g/mol. The first-order valence-electron chi connectivity index (χ1n) is 7.61. The van der Waals surface area contributed by atoms with Crippen LogP contribution in [0, 0.1) is 0 Å². The van der Waals surface area contributed by atoms with E-state index in [4.69, 9.17) is 4.74 Å². The number of rotatable bonds is 11. The molecule has 0 unspecified atom stereocenters. The molecule has 1 aromatic carbocycles. The lowest BCUT2D eigenvalue weighted by atomic mass is 10.1. The molecule has 116 valence electrons. The fourth-order valence-corrected chi connectivity index (χ4v) is 2.03. The number of ether oxygens (including phenoxy) is 1. The molecule has 0 spiro atoms. The first kappa shape index (κ1) is 17.2. The number of benzene rings is 1. The lowest BCUT2D eigenvalue weighted by Crippen LogP contribution is -2.03. The summed E-state index contributed by atoms with van der Waals surface area (Å²) < 4.78 is 5.68. The highest BCUT2D eigenvalue weighted by atomic mass is 16.6. The number of carbonyl (C=O) groups excluding carboxylic acids is 1. The second-order valence-electron chi connectivity index (χ2n) is 4.92. The first-order chi connectivity index (χ1) is 10.3. The van der Waals surface area contributed by atoms with Gasteiger partial charge >= 0.3 is 0 Å². The standard InChI is InChI=1S/C17H25NO3/c1-3-4-5-6-7-8-13-21-16-11-9-15(10-12-16)17(14-19)18-20-2/h9-12,14H,3-8,13H2,1-2H3. The van der Waals surface area contributed by atoms with E-state index in [1.165, 1.54) is 39.2 Å². The summed E-state index contributed by atoms with van der Waals surface area (Å²) in [6.07, 6.45) is 8.17. The van der Waals surface area contributed by atoms with Gasteiger partial charge in [-0.1, -0.05) is 44.2 Å². The molecule has 0 aliphatic rings. The molecule has 1 rings (SSSR count). The van der Waals surface area contributed by atoms with Crippen molar-refractivity contribution in [3.63, 3.8) is 0 Å². The number of hydrogen-bond donors (Lipinski definition) is 0. The Bertz CT molecular complexity index is 426. The number of carbonyl (C=O) groups is 1. The lowest BCUT2D eigenvalue weighted by molar-refractivity contribution is -0.102. The minimum atomic E-state index is 0.278. The third-order valence-corrected chi connectivity index (χ3v) is 3.22. The highest BCUT2D eigenvalue weighted by molar-refractivity contribution is 6.36. The molecule has 4 nitrogen and oxygen atoms in total. The Hall–Kier alpha value is -1.84. The summed E-state index contributed by atoms with van der Waals surface area (Å²) in [6, 6.07) is 7.31. The predicted octanol–water partition coefficient (Wildman–Crippen LogP) is 3.98. The molecule has 0 atom stereocenters. The van der Waals surface area contributed by atoms with Crippen molar-refractivity contribution in [1.29, 1.82) is 0 Å². The lowest BCUT2D eigenvalue weighted by Gasteiger charge is -2.07. The van der Waals surface area contributed by atoms with E-state index in [1.807, 2.05) is 24.3 Å². The predicted molar refractivity (Wildman–Crippen MR) is 84.9 cm³/mol. The number of oxime groups is 1. The summed E-state index contributed by atoms with van der Waals surface area (Å²) in [6.45, 7) is 2.96. The zero-order valence-corrected chi connectivity index (χ0v) is 13.0. The second kappa shape index (κ2) is 10.9. The molecule has 0 saturated heterocycles. The summed E-state index contributed by atoms with van der Waals surface area (Å²) in [7, 11) is 1.42. The Kier molecular flexibility index (Phi) is 8.93. The van der Waals surface area contributed by atoms with Crippen LogP contribution in [0.15, 0.2) is 29.4 Å². The molecule has 0 aliphatic heterocycles. The van der Waals surface area contributed by atoms with Crippen LogP contribution in [0.1, 0.15) is 51.0 Å². The maximum atomic E-state index is 10.9. The fourth-order valence-electron chi connectivity index (χ4n) is 2.03. The number of unbranched alkanes of at least 4 members (excludes halogenated alkanes) is 5. The van der Waals surface area contributed by atoms with Gasteiger partial charge in [0.05, 0.1) is 6.61 Å². The Labute approximate surface area is 127 Å². The minimum absolute atomic E-state index is 0.278. The molecule has 1 aromatic rings. The molecule has 0 aliphatic carbocycles. The van der Waals surface area contributed by atoms with Crippen LogP contribution in [0.2, 0.25) is 0 Å². The molecular formula is C17H25NO3. The molecule has 0 N–H and O–H groups in total. The van der Waals surface area contributed by atoms with E-state index in [0.29, 0.717) is 6.29 Å². The Balaban J connectivity index is 2.31. The molecule has 0 heterocycles. The van der Waals surface area contributed by atoms with E-state index < -0.39 is 0 Å². The SMILES string of the molecule is CCCCCCCCOc1ccc(C(C=O)=NOC)cc1. The van der Waals surface area contributed by atoms with Gasteiger partial charge in [0.15, 0.2) is 6.29 Å². The van der Waals surface area contributed by atoms with Gasteiger partial charge in [-0.05, 0) is 30.7 Å². The molecule has 0 bridgehead atoms. The zero-order chi connectivity index (χ0) is 15.3. The maximum absolute atomic E-state index is 10.9. The number of aldehydes is 1. The zero-order valence-electron chi connectivity index (χ0n) is 13.0. The molecule has 4 heteroatoms. The number of hydrogen-bond acceptors (Lipinski definition) is 4. The van der Waals surface area contributed by atoms with E-state index >= 15 is 0 Å². The van der Waals surface area contributed by atoms with Crippen molar-refractivity contribution >= 4 is 12.0 Å². The molecule has 0 radical (unpaired) electrons. The largest absolute Gasteiger partial charge is 0.494 e. The van der Waals surface area contributed by atoms with Crippen LogP contribution in [0.4, 0.5) is 0 Å². The smallest absolute Gasteiger partial charge is 0.172 e. The van der Waals surface area contributed by atoms with Crippen LogP contribution in [-0.4, -0.2) is 25.7 Å². The third-order valence-electron chi connectivity index (χ3n) is 3.22. The maximum Gasteiger partial charge on any atom is 0.172 e. The van der Waals surface area contributed by atoms with Gasteiger partial charge in [-0.2, -0.15) is 0 Å². The summed E-state index contributed by atoms with van der Waals surface area (Å²) in [4.78, 5) is 15.5. The van der Waals surface area contributed by atoms with Gasteiger partial charge in [0.2, 0.25) is 0 Å².